The minimum Gasteiger partial charge on any atom is -0.354 e. The second-order valence-corrected chi connectivity index (χ2v) is 6.11. The molecule has 0 aromatic heterocycles. The highest BCUT2D eigenvalue weighted by Gasteiger charge is 2.39. The van der Waals surface area contributed by atoms with Crippen LogP contribution in [-0.2, 0) is 4.79 Å². The number of hydrogen-bond acceptors (Lipinski definition) is 2. The second kappa shape index (κ2) is 6.25. The van der Waals surface area contributed by atoms with Crippen molar-refractivity contribution < 1.29 is 4.79 Å². The Kier molecular flexibility index (Phi) is 5.47. The zero-order valence-corrected chi connectivity index (χ0v) is 12.3. The van der Waals surface area contributed by atoms with E-state index in [4.69, 9.17) is 5.73 Å². The summed E-state index contributed by atoms with van der Waals surface area (Å²) in [6.45, 7) is 3.06. The summed E-state index contributed by atoms with van der Waals surface area (Å²) in [5.74, 6) is 0.0944. The first-order valence-corrected chi connectivity index (χ1v) is 7.17. The molecule has 1 amide bonds. The van der Waals surface area contributed by atoms with E-state index in [0.717, 1.165) is 32.2 Å². The molecule has 2 fully saturated rings. The summed E-state index contributed by atoms with van der Waals surface area (Å²) < 4.78 is 0. The van der Waals surface area contributed by atoms with Crippen LogP contribution in [0.15, 0.2) is 0 Å². The predicted octanol–water partition coefficient (Wildman–Crippen LogP) is 2.77. The monoisotopic (exact) mass is 274 g/mol. The quantitative estimate of drug-likeness (QED) is 0.828. The highest BCUT2D eigenvalue weighted by molar-refractivity contribution is 5.86. The minimum atomic E-state index is -0.572. The molecule has 0 bridgehead atoms. The van der Waals surface area contributed by atoms with E-state index in [9.17, 15) is 4.79 Å². The van der Waals surface area contributed by atoms with E-state index in [1.807, 2.05) is 0 Å². The number of rotatable bonds is 4. The standard InChI is InChI=1S/C14H26N2O.ClH/c1-2-13(7-6-8-13)11-16-12(17)14(15)9-4-3-5-10-14;/h2-11,15H2,1H3,(H,16,17);1H. The fraction of sp³-hybridized carbons (Fsp3) is 0.929. The smallest absolute Gasteiger partial charge is 0.240 e. The van der Waals surface area contributed by atoms with Crippen molar-refractivity contribution in [2.24, 2.45) is 11.1 Å². The average molecular weight is 275 g/mol. The van der Waals surface area contributed by atoms with Crippen LogP contribution in [0.3, 0.4) is 0 Å². The Balaban J connectivity index is 0.00000162. The van der Waals surface area contributed by atoms with Crippen molar-refractivity contribution in [1.29, 1.82) is 0 Å². The Hall–Kier alpha value is -0.280. The molecule has 0 heterocycles. The van der Waals surface area contributed by atoms with Gasteiger partial charge in [0.1, 0.15) is 0 Å². The second-order valence-electron chi connectivity index (χ2n) is 6.11. The van der Waals surface area contributed by atoms with Gasteiger partial charge in [0.2, 0.25) is 5.91 Å². The number of hydrogen-bond donors (Lipinski definition) is 2. The van der Waals surface area contributed by atoms with Gasteiger partial charge in [-0.3, -0.25) is 4.79 Å². The zero-order chi connectivity index (χ0) is 12.4. The van der Waals surface area contributed by atoms with Crippen LogP contribution >= 0.6 is 12.4 Å². The Bertz CT molecular complexity index is 278. The first-order chi connectivity index (χ1) is 8.10. The van der Waals surface area contributed by atoms with E-state index in [-0.39, 0.29) is 18.3 Å². The van der Waals surface area contributed by atoms with Crippen LogP contribution in [0.4, 0.5) is 0 Å². The van der Waals surface area contributed by atoms with Gasteiger partial charge in [0, 0.05) is 6.54 Å². The normalized spacial score (nSPS) is 24.6. The summed E-state index contributed by atoms with van der Waals surface area (Å²) in [5.41, 5.74) is 6.04. The molecule has 2 aliphatic carbocycles. The van der Waals surface area contributed by atoms with E-state index in [1.165, 1.54) is 32.1 Å². The zero-order valence-electron chi connectivity index (χ0n) is 11.5. The fourth-order valence-corrected chi connectivity index (χ4v) is 3.19. The largest absolute Gasteiger partial charge is 0.354 e. The van der Waals surface area contributed by atoms with Crippen LogP contribution in [0.25, 0.3) is 0 Å². The highest BCUT2D eigenvalue weighted by atomic mass is 35.5. The minimum absolute atomic E-state index is 0. The van der Waals surface area contributed by atoms with Crippen molar-refractivity contribution >= 4 is 18.3 Å². The number of nitrogens with two attached hydrogens (primary N) is 1. The van der Waals surface area contributed by atoms with Crippen LogP contribution in [-0.4, -0.2) is 18.0 Å². The molecule has 0 atom stereocenters. The van der Waals surface area contributed by atoms with Crippen LogP contribution in [0.5, 0.6) is 0 Å². The molecule has 0 aliphatic heterocycles. The first kappa shape index (κ1) is 15.8. The Labute approximate surface area is 117 Å². The third kappa shape index (κ3) is 3.18. The molecule has 106 valence electrons. The van der Waals surface area contributed by atoms with Crippen LogP contribution < -0.4 is 11.1 Å². The van der Waals surface area contributed by atoms with E-state index < -0.39 is 5.54 Å². The van der Waals surface area contributed by atoms with Gasteiger partial charge < -0.3 is 11.1 Å². The van der Waals surface area contributed by atoms with Gasteiger partial charge in [-0.05, 0) is 37.5 Å². The van der Waals surface area contributed by atoms with Gasteiger partial charge in [-0.1, -0.05) is 32.6 Å². The molecule has 18 heavy (non-hydrogen) atoms. The molecule has 0 unspecified atom stereocenters. The molecule has 3 nitrogen and oxygen atoms in total. The molecule has 4 heteroatoms. The third-order valence-electron chi connectivity index (χ3n) is 4.99. The van der Waals surface area contributed by atoms with Crippen molar-refractivity contribution in [2.75, 3.05) is 6.54 Å². The van der Waals surface area contributed by atoms with Crippen LogP contribution in [0, 0.1) is 5.41 Å². The Morgan fingerprint density at radius 3 is 2.17 bits per heavy atom. The van der Waals surface area contributed by atoms with E-state index >= 15 is 0 Å². The van der Waals surface area contributed by atoms with Crippen LogP contribution in [0.2, 0.25) is 0 Å². The molecular formula is C14H27ClN2O. The maximum absolute atomic E-state index is 12.2. The number of halogens is 1. The summed E-state index contributed by atoms with van der Waals surface area (Å²) in [6.07, 6.45) is 10.2. The van der Waals surface area contributed by atoms with Gasteiger partial charge >= 0.3 is 0 Å². The summed E-state index contributed by atoms with van der Waals surface area (Å²) in [6, 6.07) is 0. The summed E-state index contributed by atoms with van der Waals surface area (Å²) in [7, 11) is 0. The lowest BCUT2D eigenvalue weighted by Gasteiger charge is -2.42. The maximum Gasteiger partial charge on any atom is 0.240 e. The number of carbonyl (C=O) groups is 1. The SMILES string of the molecule is CCC1(CNC(=O)C2(N)CCCCC2)CCC1.Cl. The Morgan fingerprint density at radius 2 is 1.72 bits per heavy atom. The Morgan fingerprint density at radius 1 is 1.11 bits per heavy atom. The average Bonchev–Trinajstić information content (AvgIpc) is 2.29. The van der Waals surface area contributed by atoms with E-state index in [1.54, 1.807) is 0 Å². The lowest BCUT2D eigenvalue weighted by Crippen LogP contribution is -2.57. The van der Waals surface area contributed by atoms with Gasteiger partial charge in [-0.15, -0.1) is 12.4 Å². The van der Waals surface area contributed by atoms with Crippen molar-refractivity contribution in [1.82, 2.24) is 5.32 Å². The molecule has 0 aromatic carbocycles. The molecular weight excluding hydrogens is 248 g/mol. The van der Waals surface area contributed by atoms with Crippen molar-refractivity contribution in [3.05, 3.63) is 0 Å². The molecule has 0 radical (unpaired) electrons. The van der Waals surface area contributed by atoms with Crippen molar-refractivity contribution in [3.63, 3.8) is 0 Å². The predicted molar refractivity (Wildman–Crippen MR) is 76.8 cm³/mol. The topological polar surface area (TPSA) is 55.1 Å². The molecule has 0 spiro atoms. The van der Waals surface area contributed by atoms with Gasteiger partial charge in [0.15, 0.2) is 0 Å². The van der Waals surface area contributed by atoms with Crippen LogP contribution in [0.1, 0.15) is 64.7 Å². The van der Waals surface area contributed by atoms with Gasteiger partial charge in [-0.2, -0.15) is 0 Å². The van der Waals surface area contributed by atoms with Crippen molar-refractivity contribution in [3.8, 4) is 0 Å². The van der Waals surface area contributed by atoms with Gasteiger partial charge in [-0.25, -0.2) is 0 Å². The third-order valence-corrected chi connectivity index (χ3v) is 4.99. The summed E-state index contributed by atoms with van der Waals surface area (Å²) in [5, 5.41) is 3.12. The summed E-state index contributed by atoms with van der Waals surface area (Å²) in [4.78, 5) is 12.2. The molecule has 2 rings (SSSR count). The number of nitrogens with one attached hydrogen (secondary N) is 1. The summed E-state index contributed by atoms with van der Waals surface area (Å²) >= 11 is 0. The van der Waals surface area contributed by atoms with Crippen molar-refractivity contribution in [2.45, 2.75) is 70.3 Å². The number of amides is 1. The molecule has 2 aliphatic rings. The molecule has 0 saturated heterocycles. The lowest BCUT2D eigenvalue weighted by atomic mass is 9.67. The molecule has 2 saturated carbocycles. The van der Waals surface area contributed by atoms with Gasteiger partial charge in [0.05, 0.1) is 5.54 Å². The molecule has 3 N–H and O–H groups in total. The maximum atomic E-state index is 12.2. The lowest BCUT2D eigenvalue weighted by molar-refractivity contribution is -0.128. The van der Waals surface area contributed by atoms with E-state index in [2.05, 4.69) is 12.2 Å². The highest BCUT2D eigenvalue weighted by Crippen LogP contribution is 2.43. The fourth-order valence-electron chi connectivity index (χ4n) is 3.19. The number of carbonyl (C=O) groups excluding carboxylic acids is 1. The molecule has 0 aromatic rings. The van der Waals surface area contributed by atoms with Gasteiger partial charge in [0.25, 0.3) is 0 Å². The van der Waals surface area contributed by atoms with E-state index in [0.29, 0.717) is 5.41 Å². The first-order valence-electron chi connectivity index (χ1n) is 7.17.